The third-order valence-corrected chi connectivity index (χ3v) is 5.59. The number of rotatable bonds is 6. The van der Waals surface area contributed by atoms with Gasteiger partial charge in [0.15, 0.2) is 11.3 Å². The SMILES string of the molecule is COCCn1c(=O)c(C(=O)N2CCN(C(=O)c3cccc(OC)c3)CC2)nc2cccnc21. The van der Waals surface area contributed by atoms with Gasteiger partial charge in [-0.25, -0.2) is 9.97 Å². The lowest BCUT2D eigenvalue weighted by Crippen LogP contribution is -2.51. The first kappa shape index (κ1) is 22.4. The Bertz CT molecular complexity index is 1230. The summed E-state index contributed by atoms with van der Waals surface area (Å²) in [5, 5.41) is 0. The second-order valence-corrected chi connectivity index (χ2v) is 7.57. The molecule has 1 aromatic carbocycles. The van der Waals surface area contributed by atoms with E-state index in [1.165, 1.54) is 4.57 Å². The maximum Gasteiger partial charge on any atom is 0.283 e. The normalized spacial score (nSPS) is 13.9. The summed E-state index contributed by atoms with van der Waals surface area (Å²) in [5.74, 6) is 0.0273. The van der Waals surface area contributed by atoms with Gasteiger partial charge in [-0.05, 0) is 30.3 Å². The minimum absolute atomic E-state index is 0.127. The van der Waals surface area contributed by atoms with Crippen molar-refractivity contribution in [3.05, 3.63) is 64.2 Å². The van der Waals surface area contributed by atoms with E-state index in [0.29, 0.717) is 55.3 Å². The van der Waals surface area contributed by atoms with E-state index in [1.54, 1.807) is 66.6 Å². The van der Waals surface area contributed by atoms with Gasteiger partial charge in [0.2, 0.25) is 0 Å². The van der Waals surface area contributed by atoms with Gasteiger partial charge in [-0.2, -0.15) is 0 Å². The maximum absolute atomic E-state index is 13.2. The third-order valence-electron chi connectivity index (χ3n) is 5.59. The summed E-state index contributed by atoms with van der Waals surface area (Å²) in [6.07, 6.45) is 1.58. The van der Waals surface area contributed by atoms with Crippen molar-refractivity contribution < 1.29 is 19.1 Å². The van der Waals surface area contributed by atoms with Crippen LogP contribution in [0.1, 0.15) is 20.8 Å². The van der Waals surface area contributed by atoms with Gasteiger partial charge in [0.1, 0.15) is 11.3 Å². The lowest BCUT2D eigenvalue weighted by atomic mass is 10.1. The summed E-state index contributed by atoms with van der Waals surface area (Å²) < 4.78 is 11.7. The molecule has 3 heterocycles. The Morgan fingerprint density at radius 3 is 2.42 bits per heavy atom. The summed E-state index contributed by atoms with van der Waals surface area (Å²) in [6, 6.07) is 10.4. The monoisotopic (exact) mass is 451 g/mol. The molecule has 0 N–H and O–H groups in total. The van der Waals surface area contributed by atoms with Crippen LogP contribution in [0.3, 0.4) is 0 Å². The van der Waals surface area contributed by atoms with Gasteiger partial charge in [0.25, 0.3) is 17.4 Å². The molecule has 0 aliphatic carbocycles. The second kappa shape index (κ2) is 9.78. The molecule has 1 fully saturated rings. The second-order valence-electron chi connectivity index (χ2n) is 7.57. The van der Waals surface area contributed by atoms with Gasteiger partial charge >= 0.3 is 0 Å². The Hall–Kier alpha value is -3.79. The van der Waals surface area contributed by atoms with Gasteiger partial charge < -0.3 is 19.3 Å². The molecule has 1 aliphatic rings. The Labute approximate surface area is 190 Å². The zero-order chi connectivity index (χ0) is 23.4. The number of amides is 2. The predicted molar refractivity (Wildman–Crippen MR) is 120 cm³/mol. The minimum Gasteiger partial charge on any atom is -0.497 e. The van der Waals surface area contributed by atoms with Crippen LogP contribution in [0.25, 0.3) is 11.2 Å². The Morgan fingerprint density at radius 2 is 1.73 bits per heavy atom. The zero-order valence-corrected chi connectivity index (χ0v) is 18.6. The molecular weight excluding hydrogens is 426 g/mol. The van der Waals surface area contributed by atoms with Crippen LogP contribution in [0.15, 0.2) is 47.4 Å². The van der Waals surface area contributed by atoms with Gasteiger partial charge in [0.05, 0.1) is 20.3 Å². The van der Waals surface area contributed by atoms with E-state index >= 15 is 0 Å². The number of piperazine rings is 1. The number of pyridine rings is 1. The maximum atomic E-state index is 13.2. The number of methoxy groups -OCH3 is 2. The van der Waals surface area contributed by atoms with Crippen molar-refractivity contribution in [3.63, 3.8) is 0 Å². The fourth-order valence-corrected chi connectivity index (χ4v) is 3.81. The van der Waals surface area contributed by atoms with Crippen LogP contribution >= 0.6 is 0 Å². The molecular formula is C23H25N5O5. The van der Waals surface area contributed by atoms with Crippen molar-refractivity contribution in [2.75, 3.05) is 47.0 Å². The molecule has 33 heavy (non-hydrogen) atoms. The van der Waals surface area contributed by atoms with Crippen molar-refractivity contribution in [2.24, 2.45) is 0 Å². The molecule has 0 unspecified atom stereocenters. The van der Waals surface area contributed by atoms with E-state index in [-0.39, 0.29) is 18.1 Å². The molecule has 1 aliphatic heterocycles. The van der Waals surface area contributed by atoms with Crippen LogP contribution in [-0.2, 0) is 11.3 Å². The molecule has 0 spiro atoms. The lowest BCUT2D eigenvalue weighted by molar-refractivity contribution is 0.0531. The fraction of sp³-hybridized carbons (Fsp3) is 0.348. The summed E-state index contributed by atoms with van der Waals surface area (Å²) in [6.45, 7) is 1.88. The fourth-order valence-electron chi connectivity index (χ4n) is 3.81. The van der Waals surface area contributed by atoms with E-state index in [0.717, 1.165) is 0 Å². The third kappa shape index (κ3) is 4.56. The Kier molecular flexibility index (Phi) is 6.64. The summed E-state index contributed by atoms with van der Waals surface area (Å²) in [7, 11) is 3.09. The van der Waals surface area contributed by atoms with Crippen LogP contribution in [0, 0.1) is 0 Å². The van der Waals surface area contributed by atoms with Crippen molar-refractivity contribution >= 4 is 23.0 Å². The highest BCUT2D eigenvalue weighted by Crippen LogP contribution is 2.16. The first-order valence-corrected chi connectivity index (χ1v) is 10.6. The number of carbonyl (C=O) groups is 2. The number of ether oxygens (including phenoxy) is 2. The van der Waals surface area contributed by atoms with Crippen molar-refractivity contribution in [1.82, 2.24) is 24.3 Å². The van der Waals surface area contributed by atoms with Gasteiger partial charge in [-0.15, -0.1) is 0 Å². The Balaban J connectivity index is 1.52. The molecule has 0 bridgehead atoms. The number of hydrogen-bond acceptors (Lipinski definition) is 7. The van der Waals surface area contributed by atoms with Crippen molar-refractivity contribution in [1.29, 1.82) is 0 Å². The summed E-state index contributed by atoms with van der Waals surface area (Å²) in [4.78, 5) is 50.9. The minimum atomic E-state index is -0.502. The number of carbonyl (C=O) groups excluding carboxylic acids is 2. The Morgan fingerprint density at radius 1 is 1.00 bits per heavy atom. The van der Waals surface area contributed by atoms with Gasteiger partial charge in [-0.1, -0.05) is 6.07 Å². The largest absolute Gasteiger partial charge is 0.497 e. The zero-order valence-electron chi connectivity index (χ0n) is 18.6. The van der Waals surface area contributed by atoms with Crippen LogP contribution in [0.5, 0.6) is 5.75 Å². The van der Waals surface area contributed by atoms with E-state index in [1.807, 2.05) is 0 Å². The number of aromatic nitrogens is 3. The molecule has 10 heteroatoms. The first-order valence-electron chi connectivity index (χ1n) is 10.6. The van der Waals surface area contributed by atoms with Crippen LogP contribution < -0.4 is 10.3 Å². The van der Waals surface area contributed by atoms with Gasteiger partial charge in [-0.3, -0.25) is 19.0 Å². The average Bonchev–Trinajstić information content (AvgIpc) is 2.87. The molecule has 10 nitrogen and oxygen atoms in total. The molecule has 4 rings (SSSR count). The highest BCUT2D eigenvalue weighted by Gasteiger charge is 2.28. The molecule has 2 aromatic heterocycles. The molecule has 1 saturated heterocycles. The highest BCUT2D eigenvalue weighted by atomic mass is 16.5. The summed E-state index contributed by atoms with van der Waals surface area (Å²) in [5.41, 5.74) is 0.740. The quantitative estimate of drug-likeness (QED) is 0.551. The van der Waals surface area contributed by atoms with E-state index in [9.17, 15) is 14.4 Å². The van der Waals surface area contributed by atoms with Gasteiger partial charge in [0, 0.05) is 45.0 Å². The molecule has 0 radical (unpaired) electrons. The van der Waals surface area contributed by atoms with Crippen LogP contribution in [-0.4, -0.2) is 83.2 Å². The molecule has 3 aromatic rings. The lowest BCUT2D eigenvalue weighted by Gasteiger charge is -2.34. The average molecular weight is 451 g/mol. The van der Waals surface area contributed by atoms with Crippen molar-refractivity contribution in [2.45, 2.75) is 6.54 Å². The first-order chi connectivity index (χ1) is 16.0. The molecule has 172 valence electrons. The van der Waals surface area contributed by atoms with Crippen LogP contribution in [0.4, 0.5) is 0 Å². The van der Waals surface area contributed by atoms with Crippen molar-refractivity contribution in [3.8, 4) is 5.75 Å². The smallest absolute Gasteiger partial charge is 0.283 e. The van der Waals surface area contributed by atoms with E-state index in [4.69, 9.17) is 9.47 Å². The topological polar surface area (TPSA) is 107 Å². The van der Waals surface area contributed by atoms with Crippen LogP contribution in [0.2, 0.25) is 0 Å². The standard InChI is InChI=1S/C23H25N5O5/c1-32-14-13-28-20-18(7-4-8-24-20)25-19(23(28)31)22(30)27-11-9-26(10-12-27)21(29)16-5-3-6-17(15-16)33-2/h3-8,15H,9-14H2,1-2H3. The highest BCUT2D eigenvalue weighted by molar-refractivity contribution is 5.96. The molecule has 0 atom stereocenters. The molecule has 2 amide bonds. The van der Waals surface area contributed by atoms with E-state index in [2.05, 4.69) is 9.97 Å². The predicted octanol–water partition coefficient (Wildman–Crippen LogP) is 1.04. The number of hydrogen-bond donors (Lipinski definition) is 0. The number of benzene rings is 1. The van der Waals surface area contributed by atoms with E-state index < -0.39 is 11.5 Å². The number of nitrogens with zero attached hydrogens (tertiary/aromatic N) is 5. The number of fused-ring (bicyclic) bond motifs is 1. The molecule has 0 saturated carbocycles. The summed E-state index contributed by atoms with van der Waals surface area (Å²) >= 11 is 0.